The zero-order valence-electron chi connectivity index (χ0n) is 16.2. The third-order valence-corrected chi connectivity index (χ3v) is 5.70. The molecule has 1 aromatic rings. The topological polar surface area (TPSA) is 118 Å². The molecule has 0 saturated heterocycles. The molecule has 1 aromatic carbocycles. The van der Waals surface area contributed by atoms with Crippen LogP contribution < -0.4 is 5.32 Å². The molecule has 2 N–H and O–H groups in total. The van der Waals surface area contributed by atoms with Gasteiger partial charge in [0.1, 0.15) is 11.6 Å². The molecule has 0 radical (unpaired) electrons. The zero-order chi connectivity index (χ0) is 21.0. The largest absolute Gasteiger partial charge is 0.481 e. The Hall–Kier alpha value is -2.83. The Morgan fingerprint density at radius 2 is 1.79 bits per heavy atom. The summed E-state index contributed by atoms with van der Waals surface area (Å²) >= 11 is 0. The van der Waals surface area contributed by atoms with Crippen molar-refractivity contribution in [2.75, 3.05) is 11.9 Å². The van der Waals surface area contributed by atoms with Gasteiger partial charge in [0.2, 0.25) is 0 Å². The number of fused-ring (bicyclic) bond motifs is 1. The SMILES string of the molecule is O=C(O)CCCCCCNc1cccc2c1C(=O)C(C1CCC(=O)CC1=O)C2=O. The number of carbonyl (C=O) groups is 5. The number of Topliss-reactive ketones (excluding diaryl/α,β-unsaturated/α-hetero) is 4. The number of aliphatic carboxylic acids is 1. The molecule has 0 heterocycles. The molecule has 2 aliphatic carbocycles. The first-order valence-corrected chi connectivity index (χ1v) is 10.1. The molecule has 0 aliphatic heterocycles. The van der Waals surface area contributed by atoms with Crippen molar-refractivity contribution in [3.05, 3.63) is 29.3 Å². The highest BCUT2D eigenvalue weighted by atomic mass is 16.4. The fourth-order valence-corrected chi connectivity index (χ4v) is 4.20. The second-order valence-corrected chi connectivity index (χ2v) is 7.75. The van der Waals surface area contributed by atoms with E-state index in [0.717, 1.165) is 19.3 Å². The molecule has 1 saturated carbocycles. The molecule has 0 spiro atoms. The minimum atomic E-state index is -1.01. The summed E-state index contributed by atoms with van der Waals surface area (Å²) in [6.07, 6.45) is 3.62. The molecule has 2 unspecified atom stereocenters. The summed E-state index contributed by atoms with van der Waals surface area (Å²) in [4.78, 5) is 60.2. The van der Waals surface area contributed by atoms with E-state index in [9.17, 15) is 24.0 Å². The summed E-state index contributed by atoms with van der Waals surface area (Å²) in [6.45, 7) is 0.604. The van der Waals surface area contributed by atoms with Crippen LogP contribution in [-0.2, 0) is 14.4 Å². The van der Waals surface area contributed by atoms with E-state index >= 15 is 0 Å². The minimum absolute atomic E-state index is 0.132. The van der Waals surface area contributed by atoms with Crippen LogP contribution in [0.3, 0.4) is 0 Å². The molecule has 0 aromatic heterocycles. The Morgan fingerprint density at radius 1 is 1.03 bits per heavy atom. The van der Waals surface area contributed by atoms with Gasteiger partial charge in [0.05, 0.1) is 17.9 Å². The van der Waals surface area contributed by atoms with Crippen molar-refractivity contribution in [3.63, 3.8) is 0 Å². The van der Waals surface area contributed by atoms with Crippen molar-refractivity contribution in [1.82, 2.24) is 0 Å². The summed E-state index contributed by atoms with van der Waals surface area (Å²) in [5.74, 6) is -3.60. The van der Waals surface area contributed by atoms with Gasteiger partial charge in [0.25, 0.3) is 0 Å². The van der Waals surface area contributed by atoms with Crippen LogP contribution in [0.15, 0.2) is 18.2 Å². The molecule has 3 rings (SSSR count). The van der Waals surface area contributed by atoms with Crippen molar-refractivity contribution in [3.8, 4) is 0 Å². The number of carboxylic acids is 1. The number of unbranched alkanes of at least 4 members (excludes halogenated alkanes) is 3. The lowest BCUT2D eigenvalue weighted by Gasteiger charge is -2.23. The number of benzene rings is 1. The number of hydrogen-bond acceptors (Lipinski definition) is 6. The molecule has 2 aliphatic rings. The van der Waals surface area contributed by atoms with Crippen molar-refractivity contribution in [2.24, 2.45) is 11.8 Å². The Kier molecular flexibility index (Phi) is 6.56. The van der Waals surface area contributed by atoms with E-state index in [-0.39, 0.29) is 48.8 Å². The van der Waals surface area contributed by atoms with Gasteiger partial charge < -0.3 is 10.4 Å². The summed E-state index contributed by atoms with van der Waals surface area (Å²) in [5.41, 5.74) is 1.28. The van der Waals surface area contributed by atoms with Crippen molar-refractivity contribution in [2.45, 2.75) is 51.4 Å². The number of ketones is 4. The summed E-state index contributed by atoms with van der Waals surface area (Å²) in [7, 11) is 0. The lowest BCUT2D eigenvalue weighted by Crippen LogP contribution is -2.36. The van der Waals surface area contributed by atoms with Gasteiger partial charge in [-0.1, -0.05) is 25.0 Å². The van der Waals surface area contributed by atoms with E-state index in [1.165, 1.54) is 0 Å². The van der Waals surface area contributed by atoms with Crippen molar-refractivity contribution >= 4 is 34.8 Å². The summed E-state index contributed by atoms with van der Waals surface area (Å²) in [6, 6.07) is 5.09. The first-order valence-electron chi connectivity index (χ1n) is 10.1. The maximum Gasteiger partial charge on any atom is 0.303 e. The quantitative estimate of drug-likeness (QED) is 0.484. The molecular weight excluding hydrogens is 374 g/mol. The average molecular weight is 399 g/mol. The van der Waals surface area contributed by atoms with Gasteiger partial charge in [0, 0.05) is 36.6 Å². The maximum atomic E-state index is 13.0. The van der Waals surface area contributed by atoms with Crippen LogP contribution in [0.5, 0.6) is 0 Å². The number of rotatable bonds is 9. The second kappa shape index (κ2) is 9.11. The van der Waals surface area contributed by atoms with Crippen LogP contribution in [0, 0.1) is 11.8 Å². The number of anilines is 1. The third-order valence-electron chi connectivity index (χ3n) is 5.70. The van der Waals surface area contributed by atoms with E-state index in [1.807, 2.05) is 0 Å². The Morgan fingerprint density at radius 3 is 2.52 bits per heavy atom. The van der Waals surface area contributed by atoms with E-state index in [0.29, 0.717) is 29.8 Å². The van der Waals surface area contributed by atoms with Gasteiger partial charge in [-0.15, -0.1) is 0 Å². The monoisotopic (exact) mass is 399 g/mol. The molecule has 29 heavy (non-hydrogen) atoms. The fraction of sp³-hybridized carbons (Fsp3) is 0.500. The van der Waals surface area contributed by atoms with Gasteiger partial charge in [0.15, 0.2) is 11.6 Å². The summed E-state index contributed by atoms with van der Waals surface area (Å²) in [5, 5.41) is 11.8. The Labute approximate surface area is 168 Å². The third kappa shape index (κ3) is 4.60. The smallest absolute Gasteiger partial charge is 0.303 e. The fourth-order valence-electron chi connectivity index (χ4n) is 4.20. The van der Waals surface area contributed by atoms with Crippen LogP contribution in [0.25, 0.3) is 0 Å². The summed E-state index contributed by atoms with van der Waals surface area (Å²) < 4.78 is 0. The number of carbonyl (C=O) groups excluding carboxylic acids is 4. The highest BCUT2D eigenvalue weighted by molar-refractivity contribution is 6.30. The number of nitrogens with one attached hydrogen (secondary N) is 1. The van der Waals surface area contributed by atoms with Gasteiger partial charge >= 0.3 is 5.97 Å². The van der Waals surface area contributed by atoms with E-state index in [2.05, 4.69) is 5.32 Å². The molecule has 1 fully saturated rings. The Balaban J connectivity index is 1.63. The van der Waals surface area contributed by atoms with E-state index < -0.39 is 17.8 Å². The van der Waals surface area contributed by atoms with E-state index in [4.69, 9.17) is 5.11 Å². The van der Waals surface area contributed by atoms with Crippen molar-refractivity contribution < 1.29 is 29.1 Å². The predicted molar refractivity (Wildman–Crippen MR) is 105 cm³/mol. The predicted octanol–water partition coefficient (Wildman–Crippen LogP) is 3.07. The molecule has 2 atom stereocenters. The average Bonchev–Trinajstić information content (AvgIpc) is 2.92. The standard InChI is InChI=1S/C22H25NO6/c24-13-9-10-14(17(25)12-13)20-21(28)15-6-5-7-16(19(15)22(20)29)23-11-4-2-1-3-8-18(26)27/h5-7,14,20,23H,1-4,8-12H2,(H,26,27). The normalized spacial score (nSPS) is 21.4. The first-order chi connectivity index (χ1) is 13.9. The van der Waals surface area contributed by atoms with Gasteiger partial charge in [-0.05, 0) is 25.3 Å². The van der Waals surface area contributed by atoms with Gasteiger partial charge in [-0.25, -0.2) is 0 Å². The van der Waals surface area contributed by atoms with Gasteiger partial charge in [-0.2, -0.15) is 0 Å². The Bertz CT molecular complexity index is 859. The second-order valence-electron chi connectivity index (χ2n) is 7.75. The molecule has 7 nitrogen and oxygen atoms in total. The highest BCUT2D eigenvalue weighted by Crippen LogP contribution is 2.39. The van der Waals surface area contributed by atoms with Crippen LogP contribution in [0.2, 0.25) is 0 Å². The molecular formula is C22H25NO6. The number of carboxylic acid groups (broad SMARTS) is 1. The highest BCUT2D eigenvalue weighted by Gasteiger charge is 2.48. The van der Waals surface area contributed by atoms with E-state index in [1.54, 1.807) is 18.2 Å². The lowest BCUT2D eigenvalue weighted by atomic mass is 9.76. The van der Waals surface area contributed by atoms with Crippen molar-refractivity contribution in [1.29, 1.82) is 0 Å². The molecule has 7 heteroatoms. The molecule has 0 amide bonds. The maximum absolute atomic E-state index is 13.0. The minimum Gasteiger partial charge on any atom is -0.481 e. The van der Waals surface area contributed by atoms with Crippen LogP contribution in [0.4, 0.5) is 5.69 Å². The zero-order valence-corrected chi connectivity index (χ0v) is 16.2. The van der Waals surface area contributed by atoms with Gasteiger partial charge in [-0.3, -0.25) is 24.0 Å². The first kappa shape index (κ1) is 20.9. The molecule has 0 bridgehead atoms. The van der Waals surface area contributed by atoms with Crippen LogP contribution in [0.1, 0.15) is 72.1 Å². The number of hydrogen-bond donors (Lipinski definition) is 2. The van der Waals surface area contributed by atoms with Crippen LogP contribution in [-0.4, -0.2) is 40.8 Å². The molecule has 154 valence electrons. The lowest BCUT2D eigenvalue weighted by molar-refractivity contribution is -0.137. The van der Waals surface area contributed by atoms with Crippen LogP contribution >= 0.6 is 0 Å².